The normalized spacial score (nSPS) is 10.8. The summed E-state index contributed by atoms with van der Waals surface area (Å²) in [5.74, 6) is 1.20. The molecule has 4 heteroatoms. The second-order valence-corrected chi connectivity index (χ2v) is 5.63. The van der Waals surface area contributed by atoms with E-state index in [1.54, 1.807) is 0 Å². The van der Waals surface area contributed by atoms with Crippen LogP contribution in [0, 0.1) is 0 Å². The molecule has 0 aromatic heterocycles. The van der Waals surface area contributed by atoms with E-state index >= 15 is 0 Å². The van der Waals surface area contributed by atoms with Gasteiger partial charge in [-0.25, -0.2) is 0 Å². The molecule has 1 N–H and O–H groups in total. The van der Waals surface area contributed by atoms with Gasteiger partial charge >= 0.3 is 0 Å². The number of benzene rings is 1. The third kappa shape index (κ3) is 5.77. The SMILES string of the molecule is CSCCN(C)CCNc1ccc(Br)cc1. The zero-order valence-corrected chi connectivity index (χ0v) is 12.3. The van der Waals surface area contributed by atoms with Crippen LogP contribution >= 0.6 is 27.7 Å². The summed E-state index contributed by atoms with van der Waals surface area (Å²) in [6.07, 6.45) is 2.15. The Morgan fingerprint density at radius 2 is 1.94 bits per heavy atom. The Hall–Kier alpha value is -0.190. The van der Waals surface area contributed by atoms with E-state index in [9.17, 15) is 0 Å². The molecule has 0 spiro atoms. The molecule has 0 aliphatic heterocycles. The fourth-order valence-corrected chi connectivity index (χ4v) is 2.08. The number of halogens is 1. The van der Waals surface area contributed by atoms with E-state index in [0.717, 1.165) is 24.1 Å². The smallest absolute Gasteiger partial charge is 0.0341 e. The average Bonchev–Trinajstić information content (AvgIpc) is 2.29. The summed E-state index contributed by atoms with van der Waals surface area (Å²) in [4.78, 5) is 2.35. The van der Waals surface area contributed by atoms with Crippen molar-refractivity contribution in [1.29, 1.82) is 0 Å². The van der Waals surface area contributed by atoms with Crippen molar-refractivity contribution in [3.8, 4) is 0 Å². The van der Waals surface area contributed by atoms with Gasteiger partial charge in [-0.05, 0) is 37.6 Å². The molecule has 1 rings (SSSR count). The maximum atomic E-state index is 3.43. The summed E-state index contributed by atoms with van der Waals surface area (Å²) in [6, 6.07) is 8.29. The van der Waals surface area contributed by atoms with Gasteiger partial charge in [0.15, 0.2) is 0 Å². The quantitative estimate of drug-likeness (QED) is 0.833. The van der Waals surface area contributed by atoms with Gasteiger partial charge in [-0.15, -0.1) is 0 Å². The lowest BCUT2D eigenvalue weighted by molar-refractivity contribution is 0.370. The van der Waals surface area contributed by atoms with Crippen molar-refractivity contribution in [3.63, 3.8) is 0 Å². The monoisotopic (exact) mass is 302 g/mol. The van der Waals surface area contributed by atoms with Crippen molar-refractivity contribution in [2.75, 3.05) is 44.0 Å². The second-order valence-electron chi connectivity index (χ2n) is 3.73. The first-order chi connectivity index (χ1) is 7.72. The Labute approximate surface area is 111 Å². The van der Waals surface area contributed by atoms with Crippen LogP contribution in [0.5, 0.6) is 0 Å². The molecule has 0 amide bonds. The van der Waals surface area contributed by atoms with Crippen LogP contribution in [0.4, 0.5) is 5.69 Å². The maximum absolute atomic E-state index is 3.43. The first-order valence-electron chi connectivity index (χ1n) is 5.39. The van der Waals surface area contributed by atoms with Crippen molar-refractivity contribution in [2.24, 2.45) is 0 Å². The van der Waals surface area contributed by atoms with Crippen LogP contribution in [-0.2, 0) is 0 Å². The van der Waals surface area contributed by atoms with E-state index in [0.29, 0.717) is 0 Å². The van der Waals surface area contributed by atoms with Crippen LogP contribution in [0.3, 0.4) is 0 Å². The highest BCUT2D eigenvalue weighted by Crippen LogP contribution is 2.13. The minimum Gasteiger partial charge on any atom is -0.384 e. The van der Waals surface area contributed by atoms with Crippen LogP contribution in [0.2, 0.25) is 0 Å². The lowest BCUT2D eigenvalue weighted by Gasteiger charge is -2.16. The number of nitrogens with zero attached hydrogens (tertiary/aromatic N) is 1. The summed E-state index contributed by atoms with van der Waals surface area (Å²) in [5.41, 5.74) is 1.18. The minimum atomic E-state index is 0.993. The molecular weight excluding hydrogens is 284 g/mol. The summed E-state index contributed by atoms with van der Waals surface area (Å²) >= 11 is 5.32. The summed E-state index contributed by atoms with van der Waals surface area (Å²) in [7, 11) is 2.17. The molecule has 0 aliphatic rings. The third-order valence-electron chi connectivity index (χ3n) is 2.34. The van der Waals surface area contributed by atoms with Crippen LogP contribution in [-0.4, -0.2) is 43.6 Å². The lowest BCUT2D eigenvalue weighted by Crippen LogP contribution is -2.27. The molecule has 0 atom stereocenters. The molecule has 0 saturated heterocycles. The largest absolute Gasteiger partial charge is 0.384 e. The standard InChI is InChI=1S/C12H19BrN2S/c1-15(9-10-16-2)8-7-14-12-5-3-11(13)4-6-12/h3-6,14H,7-10H2,1-2H3. The van der Waals surface area contributed by atoms with E-state index in [1.807, 2.05) is 11.8 Å². The molecule has 16 heavy (non-hydrogen) atoms. The Morgan fingerprint density at radius 1 is 1.25 bits per heavy atom. The number of hydrogen-bond acceptors (Lipinski definition) is 3. The van der Waals surface area contributed by atoms with Gasteiger partial charge in [-0.2, -0.15) is 11.8 Å². The first kappa shape index (κ1) is 13.9. The van der Waals surface area contributed by atoms with E-state index in [-0.39, 0.29) is 0 Å². The van der Waals surface area contributed by atoms with Crippen LogP contribution in [0.1, 0.15) is 0 Å². The minimum absolute atomic E-state index is 0.993. The fraction of sp³-hybridized carbons (Fsp3) is 0.500. The van der Waals surface area contributed by atoms with Crippen LogP contribution < -0.4 is 5.32 Å². The molecule has 90 valence electrons. The Bertz CT molecular complexity index is 290. The third-order valence-corrected chi connectivity index (χ3v) is 3.46. The fourth-order valence-electron chi connectivity index (χ4n) is 1.32. The van der Waals surface area contributed by atoms with Crippen molar-refractivity contribution in [3.05, 3.63) is 28.7 Å². The molecule has 0 bridgehead atoms. The maximum Gasteiger partial charge on any atom is 0.0341 e. The van der Waals surface area contributed by atoms with E-state index < -0.39 is 0 Å². The van der Waals surface area contributed by atoms with E-state index in [1.165, 1.54) is 11.4 Å². The van der Waals surface area contributed by atoms with Crippen molar-refractivity contribution in [1.82, 2.24) is 4.90 Å². The molecule has 0 saturated carbocycles. The highest BCUT2D eigenvalue weighted by molar-refractivity contribution is 9.10. The molecule has 1 aromatic rings. The van der Waals surface area contributed by atoms with Crippen LogP contribution in [0.15, 0.2) is 28.7 Å². The van der Waals surface area contributed by atoms with Gasteiger partial charge in [-0.1, -0.05) is 15.9 Å². The highest BCUT2D eigenvalue weighted by Gasteiger charge is 1.97. The van der Waals surface area contributed by atoms with Gasteiger partial charge in [0.05, 0.1) is 0 Å². The number of rotatable bonds is 7. The van der Waals surface area contributed by atoms with Crippen LogP contribution in [0.25, 0.3) is 0 Å². The summed E-state index contributed by atoms with van der Waals surface area (Å²) in [5, 5.41) is 3.41. The van der Waals surface area contributed by atoms with Crippen molar-refractivity contribution >= 4 is 33.4 Å². The molecule has 0 aliphatic carbocycles. The van der Waals surface area contributed by atoms with Crippen molar-refractivity contribution in [2.45, 2.75) is 0 Å². The average molecular weight is 303 g/mol. The Kier molecular flexibility index (Phi) is 6.92. The number of anilines is 1. The number of nitrogens with one attached hydrogen (secondary N) is 1. The second kappa shape index (κ2) is 7.98. The molecule has 0 radical (unpaired) electrons. The molecule has 0 fully saturated rings. The number of likely N-dealkylation sites (N-methyl/N-ethyl adjacent to an activating group) is 1. The van der Waals surface area contributed by atoms with Crippen molar-refractivity contribution < 1.29 is 0 Å². The Balaban J connectivity index is 2.17. The predicted molar refractivity (Wildman–Crippen MR) is 78.5 cm³/mol. The van der Waals surface area contributed by atoms with Gasteiger partial charge < -0.3 is 10.2 Å². The van der Waals surface area contributed by atoms with Gasteiger partial charge in [0.25, 0.3) is 0 Å². The van der Waals surface area contributed by atoms with Gasteiger partial charge in [-0.3, -0.25) is 0 Å². The van der Waals surface area contributed by atoms with E-state index in [2.05, 4.69) is 63.7 Å². The number of hydrogen-bond donors (Lipinski definition) is 1. The highest BCUT2D eigenvalue weighted by atomic mass is 79.9. The number of thioether (sulfide) groups is 1. The van der Waals surface area contributed by atoms with Gasteiger partial charge in [0, 0.05) is 35.5 Å². The van der Waals surface area contributed by atoms with Gasteiger partial charge in [0.1, 0.15) is 0 Å². The molecule has 0 unspecified atom stereocenters. The predicted octanol–water partition coefficient (Wildman–Crippen LogP) is 3.16. The molecular formula is C12H19BrN2S. The zero-order valence-electron chi connectivity index (χ0n) is 9.87. The van der Waals surface area contributed by atoms with E-state index in [4.69, 9.17) is 0 Å². The molecule has 0 heterocycles. The molecule has 2 nitrogen and oxygen atoms in total. The molecule has 1 aromatic carbocycles. The summed E-state index contributed by atoms with van der Waals surface area (Å²) in [6.45, 7) is 3.23. The topological polar surface area (TPSA) is 15.3 Å². The zero-order chi connectivity index (χ0) is 11.8. The van der Waals surface area contributed by atoms with Gasteiger partial charge in [0.2, 0.25) is 0 Å². The Morgan fingerprint density at radius 3 is 2.56 bits per heavy atom. The first-order valence-corrected chi connectivity index (χ1v) is 7.58. The summed E-state index contributed by atoms with van der Waals surface area (Å²) < 4.78 is 1.12. The lowest BCUT2D eigenvalue weighted by atomic mass is 10.3.